The van der Waals surface area contributed by atoms with Crippen molar-refractivity contribution in [3.8, 4) is 0 Å². The molecule has 1 saturated heterocycles. The van der Waals surface area contributed by atoms with Crippen LogP contribution in [0.1, 0.15) is 18.1 Å². The number of hydrogen-bond acceptors (Lipinski definition) is 5. The van der Waals surface area contributed by atoms with E-state index in [1.807, 2.05) is 49.5 Å². The smallest absolute Gasteiger partial charge is 0.520 e. The second kappa shape index (κ2) is 8.65. The first-order chi connectivity index (χ1) is 15.9. The predicted molar refractivity (Wildman–Crippen MR) is 134 cm³/mol. The Morgan fingerprint density at radius 3 is 2.67 bits per heavy atom. The van der Waals surface area contributed by atoms with E-state index in [1.54, 1.807) is 11.3 Å². The summed E-state index contributed by atoms with van der Waals surface area (Å²) >= 11 is 7.95. The van der Waals surface area contributed by atoms with Crippen LogP contribution in [0.25, 0.3) is 21.0 Å². The van der Waals surface area contributed by atoms with Crippen LogP contribution in [0.2, 0.25) is 5.02 Å². The van der Waals surface area contributed by atoms with E-state index < -0.39 is 7.12 Å². The Morgan fingerprint density at radius 2 is 1.91 bits per heavy atom. The zero-order chi connectivity index (χ0) is 23.1. The molecule has 0 saturated carbocycles. The van der Waals surface area contributed by atoms with Crippen LogP contribution in [-0.4, -0.2) is 24.3 Å². The van der Waals surface area contributed by atoms with Crippen molar-refractivity contribution >= 4 is 62.5 Å². The number of hydrogen-bond donors (Lipinski definition) is 0. The number of rotatable bonds is 6. The first kappa shape index (κ1) is 21.7. The summed E-state index contributed by atoms with van der Waals surface area (Å²) in [5.74, 6) is 0.614. The van der Waals surface area contributed by atoms with Gasteiger partial charge in [-0.25, -0.2) is 0 Å². The number of halogens is 1. The molecule has 1 fully saturated rings. The van der Waals surface area contributed by atoms with Gasteiger partial charge < -0.3 is 18.6 Å². The molecule has 0 atom stereocenters. The van der Waals surface area contributed by atoms with Crippen LogP contribution in [-0.2, 0) is 31.8 Å². The Kier molecular flexibility index (Phi) is 5.68. The predicted octanol–water partition coefficient (Wildman–Crippen LogP) is 5.43. The molecule has 33 heavy (non-hydrogen) atoms. The highest BCUT2D eigenvalue weighted by Gasteiger charge is 2.35. The molecule has 0 amide bonds. The van der Waals surface area contributed by atoms with Gasteiger partial charge in [-0.15, -0.1) is 11.3 Å². The standard InChI is InChI=1S/C25H21BClNO4S/c1-4-30-25(29)9-17-12-28(13-18-14-33-24-8-6-20(27)11-22(18)24)23-10-19(5-7-21(17)23)26-31-15(2)16(3)32-26/h5-8,10-12,14H,2-4,9,13H2,1H3. The minimum atomic E-state index is -0.591. The first-order valence-corrected chi connectivity index (χ1v) is 11.8. The number of ether oxygens (including phenoxy) is 1. The quantitative estimate of drug-likeness (QED) is 0.274. The fourth-order valence-corrected chi connectivity index (χ4v) is 5.19. The third kappa shape index (κ3) is 4.14. The van der Waals surface area contributed by atoms with E-state index in [1.165, 1.54) is 4.70 Å². The van der Waals surface area contributed by atoms with Gasteiger partial charge in [-0.3, -0.25) is 4.79 Å². The van der Waals surface area contributed by atoms with Gasteiger partial charge in [0.2, 0.25) is 0 Å². The van der Waals surface area contributed by atoms with E-state index in [9.17, 15) is 4.79 Å². The molecular formula is C25H21BClNO4S. The Balaban J connectivity index is 1.58. The lowest BCUT2D eigenvalue weighted by molar-refractivity contribution is -0.142. The monoisotopic (exact) mass is 477 g/mol. The van der Waals surface area contributed by atoms with Gasteiger partial charge in [0.25, 0.3) is 0 Å². The maximum absolute atomic E-state index is 12.2. The van der Waals surface area contributed by atoms with Crippen LogP contribution < -0.4 is 5.46 Å². The van der Waals surface area contributed by atoms with E-state index in [4.69, 9.17) is 25.6 Å². The molecule has 0 radical (unpaired) electrons. The third-order valence-corrected chi connectivity index (χ3v) is 6.91. The number of esters is 1. The molecule has 2 aromatic heterocycles. The number of carbonyl (C=O) groups excluding carboxylic acids is 1. The summed E-state index contributed by atoms with van der Waals surface area (Å²) in [6, 6.07) is 11.9. The van der Waals surface area contributed by atoms with Crippen LogP contribution in [0.5, 0.6) is 0 Å². The van der Waals surface area contributed by atoms with Crippen LogP contribution in [0.4, 0.5) is 0 Å². The maximum atomic E-state index is 12.2. The highest BCUT2D eigenvalue weighted by Crippen LogP contribution is 2.31. The molecule has 5 rings (SSSR count). The molecule has 4 aromatic rings. The maximum Gasteiger partial charge on any atom is 0.632 e. The minimum absolute atomic E-state index is 0.205. The van der Waals surface area contributed by atoms with Crippen LogP contribution in [0, 0.1) is 0 Å². The van der Waals surface area contributed by atoms with E-state index in [-0.39, 0.29) is 12.4 Å². The van der Waals surface area contributed by atoms with E-state index >= 15 is 0 Å². The average molecular weight is 478 g/mol. The lowest BCUT2D eigenvalue weighted by atomic mass is 9.79. The highest BCUT2D eigenvalue weighted by molar-refractivity contribution is 7.17. The van der Waals surface area contributed by atoms with Crippen molar-refractivity contribution in [3.05, 3.63) is 88.8 Å². The Labute approximate surface area is 201 Å². The van der Waals surface area contributed by atoms with E-state index in [0.29, 0.717) is 29.7 Å². The highest BCUT2D eigenvalue weighted by atomic mass is 35.5. The van der Waals surface area contributed by atoms with Gasteiger partial charge in [-0.05, 0) is 53.1 Å². The number of carbonyl (C=O) groups is 1. The van der Waals surface area contributed by atoms with Gasteiger partial charge in [0.1, 0.15) is 11.5 Å². The molecule has 166 valence electrons. The summed E-state index contributed by atoms with van der Waals surface area (Å²) < 4.78 is 20.0. The number of aromatic nitrogens is 1. The normalized spacial score (nSPS) is 13.6. The Morgan fingerprint density at radius 1 is 1.12 bits per heavy atom. The van der Waals surface area contributed by atoms with Crippen LogP contribution in [0.3, 0.4) is 0 Å². The molecule has 0 bridgehead atoms. The van der Waals surface area contributed by atoms with Crippen molar-refractivity contribution in [2.75, 3.05) is 6.61 Å². The fraction of sp³-hybridized carbons (Fsp3) is 0.160. The first-order valence-electron chi connectivity index (χ1n) is 10.6. The molecule has 3 heterocycles. The lowest BCUT2D eigenvalue weighted by Crippen LogP contribution is -2.31. The number of benzene rings is 2. The minimum Gasteiger partial charge on any atom is -0.520 e. The summed E-state index contributed by atoms with van der Waals surface area (Å²) in [4.78, 5) is 12.2. The second-order valence-corrected chi connectivity index (χ2v) is 9.20. The molecule has 0 N–H and O–H groups in total. The van der Waals surface area contributed by atoms with Crippen LogP contribution >= 0.6 is 22.9 Å². The summed E-state index contributed by atoms with van der Waals surface area (Å²) in [6.07, 6.45) is 2.23. The van der Waals surface area contributed by atoms with Gasteiger partial charge in [-0.2, -0.15) is 0 Å². The molecule has 1 aliphatic rings. The van der Waals surface area contributed by atoms with Gasteiger partial charge in [-0.1, -0.05) is 36.9 Å². The molecule has 8 heteroatoms. The summed E-state index contributed by atoms with van der Waals surface area (Å²) in [5, 5.41) is 4.98. The number of fused-ring (bicyclic) bond motifs is 2. The van der Waals surface area contributed by atoms with E-state index in [2.05, 4.69) is 23.1 Å². The van der Waals surface area contributed by atoms with E-state index in [0.717, 1.165) is 32.9 Å². The average Bonchev–Trinajstić information content (AvgIpc) is 3.45. The second-order valence-electron chi connectivity index (χ2n) is 7.86. The molecule has 0 aliphatic carbocycles. The summed E-state index contributed by atoms with van der Waals surface area (Å²) in [7, 11) is -0.591. The van der Waals surface area contributed by atoms with Gasteiger partial charge in [0.05, 0.1) is 13.0 Å². The molecule has 0 unspecified atom stereocenters. The van der Waals surface area contributed by atoms with Gasteiger partial charge in [0.15, 0.2) is 0 Å². The van der Waals surface area contributed by atoms with Crippen molar-refractivity contribution < 1.29 is 18.8 Å². The van der Waals surface area contributed by atoms with Crippen molar-refractivity contribution in [1.29, 1.82) is 0 Å². The molecule has 5 nitrogen and oxygen atoms in total. The number of nitrogens with zero attached hydrogens (tertiary/aromatic N) is 1. The topological polar surface area (TPSA) is 49.7 Å². The van der Waals surface area contributed by atoms with Crippen molar-refractivity contribution in [2.45, 2.75) is 19.9 Å². The zero-order valence-corrected chi connectivity index (χ0v) is 19.7. The van der Waals surface area contributed by atoms with Crippen LogP contribution in [0.15, 0.2) is 72.7 Å². The lowest BCUT2D eigenvalue weighted by Gasteiger charge is -2.08. The Hall–Kier alpha value is -3.16. The van der Waals surface area contributed by atoms with Crippen molar-refractivity contribution in [3.63, 3.8) is 0 Å². The van der Waals surface area contributed by atoms with Crippen molar-refractivity contribution in [2.24, 2.45) is 0 Å². The molecule has 2 aromatic carbocycles. The van der Waals surface area contributed by atoms with Crippen molar-refractivity contribution in [1.82, 2.24) is 4.57 Å². The summed E-state index contributed by atoms with van der Waals surface area (Å²) in [5.41, 5.74) is 3.90. The zero-order valence-electron chi connectivity index (χ0n) is 18.1. The largest absolute Gasteiger partial charge is 0.632 e. The Bertz CT molecular complexity index is 1410. The van der Waals surface area contributed by atoms with Gasteiger partial charge >= 0.3 is 13.1 Å². The fourth-order valence-electron chi connectivity index (χ4n) is 4.08. The third-order valence-electron chi connectivity index (χ3n) is 5.67. The summed E-state index contributed by atoms with van der Waals surface area (Å²) in [6.45, 7) is 10.4. The molecule has 0 spiro atoms. The SMILES string of the molecule is C=C1OB(c2ccc3c(CC(=O)OCC)cn(Cc4csc5ccc(Cl)cc45)c3c2)OC1=C. The molecule has 1 aliphatic heterocycles. The molecular weight excluding hydrogens is 457 g/mol. The number of thiophene rings is 1. The van der Waals surface area contributed by atoms with Gasteiger partial charge in [0, 0.05) is 38.8 Å².